The van der Waals surface area contributed by atoms with E-state index in [4.69, 9.17) is 5.11 Å². The molecule has 0 bridgehead atoms. The molecule has 1 heterocycles. The predicted molar refractivity (Wildman–Crippen MR) is 97.5 cm³/mol. The molecule has 1 saturated carbocycles. The Hall–Kier alpha value is -2.74. The second-order valence-corrected chi connectivity index (χ2v) is 7.34. The average molecular weight is 373 g/mol. The number of carboxylic acid groups (broad SMARTS) is 1. The van der Waals surface area contributed by atoms with Crippen LogP contribution in [-0.4, -0.2) is 27.9 Å². The molecule has 0 radical (unpaired) electrons. The van der Waals surface area contributed by atoms with Gasteiger partial charge in [0.1, 0.15) is 9.88 Å². The number of thiazole rings is 1. The summed E-state index contributed by atoms with van der Waals surface area (Å²) in [6.07, 6.45) is 1.82. The molecule has 26 heavy (non-hydrogen) atoms. The first-order valence-electron chi connectivity index (χ1n) is 8.27. The van der Waals surface area contributed by atoms with Crippen LogP contribution in [0.3, 0.4) is 0 Å². The number of carbonyl (C=O) groups excluding carboxylic acids is 2. The normalized spacial score (nSPS) is 14.5. The summed E-state index contributed by atoms with van der Waals surface area (Å²) < 4.78 is 0. The zero-order chi connectivity index (χ0) is 18.8. The van der Waals surface area contributed by atoms with Crippen molar-refractivity contribution in [1.82, 2.24) is 10.3 Å². The first kappa shape index (κ1) is 18.1. The lowest BCUT2D eigenvalue weighted by Gasteiger charge is -2.12. The van der Waals surface area contributed by atoms with Gasteiger partial charge in [-0.25, -0.2) is 9.78 Å². The molecule has 1 aliphatic carbocycles. The predicted octanol–water partition coefficient (Wildman–Crippen LogP) is 2.99. The van der Waals surface area contributed by atoms with Crippen molar-refractivity contribution in [2.24, 2.45) is 5.92 Å². The maximum Gasteiger partial charge on any atom is 0.347 e. The van der Waals surface area contributed by atoms with Crippen LogP contribution >= 0.6 is 11.3 Å². The third kappa shape index (κ3) is 4.08. The van der Waals surface area contributed by atoms with E-state index in [2.05, 4.69) is 15.6 Å². The zero-order valence-corrected chi connectivity index (χ0v) is 15.2. The summed E-state index contributed by atoms with van der Waals surface area (Å²) in [5.41, 5.74) is 1.43. The lowest BCUT2D eigenvalue weighted by molar-refractivity contribution is -0.117. The van der Waals surface area contributed by atoms with Crippen molar-refractivity contribution < 1.29 is 19.5 Å². The van der Waals surface area contributed by atoms with Gasteiger partial charge in [-0.3, -0.25) is 9.59 Å². The molecule has 1 aromatic heterocycles. The van der Waals surface area contributed by atoms with E-state index in [0.29, 0.717) is 22.0 Å². The smallest absolute Gasteiger partial charge is 0.347 e. The summed E-state index contributed by atoms with van der Waals surface area (Å²) in [6.45, 7) is 3.38. The number of carbonyl (C=O) groups is 3. The quantitative estimate of drug-likeness (QED) is 0.721. The lowest BCUT2D eigenvalue weighted by Crippen LogP contribution is -2.26. The number of aromatic nitrogens is 1. The first-order chi connectivity index (χ1) is 12.3. The van der Waals surface area contributed by atoms with E-state index in [-0.39, 0.29) is 22.6 Å². The van der Waals surface area contributed by atoms with Crippen molar-refractivity contribution in [2.75, 3.05) is 5.32 Å². The number of rotatable bonds is 6. The summed E-state index contributed by atoms with van der Waals surface area (Å²) in [7, 11) is 0. The number of hydrogen-bond donors (Lipinski definition) is 3. The van der Waals surface area contributed by atoms with Gasteiger partial charge in [-0.05, 0) is 44.9 Å². The number of benzene rings is 1. The van der Waals surface area contributed by atoms with Crippen molar-refractivity contribution in [1.29, 1.82) is 0 Å². The summed E-state index contributed by atoms with van der Waals surface area (Å²) >= 11 is 1.05. The maximum atomic E-state index is 12.5. The van der Waals surface area contributed by atoms with Gasteiger partial charge in [0, 0.05) is 17.2 Å². The van der Waals surface area contributed by atoms with Gasteiger partial charge in [0.15, 0.2) is 0 Å². The molecule has 0 aliphatic heterocycles. The van der Waals surface area contributed by atoms with Crippen molar-refractivity contribution in [3.05, 3.63) is 45.4 Å². The van der Waals surface area contributed by atoms with E-state index in [1.807, 2.05) is 0 Å². The molecule has 1 unspecified atom stereocenters. The van der Waals surface area contributed by atoms with E-state index in [1.165, 1.54) is 0 Å². The van der Waals surface area contributed by atoms with E-state index in [1.54, 1.807) is 38.1 Å². The number of amides is 2. The van der Waals surface area contributed by atoms with Gasteiger partial charge in [0.2, 0.25) is 5.91 Å². The number of anilines is 1. The minimum Gasteiger partial charge on any atom is -0.477 e. The van der Waals surface area contributed by atoms with Gasteiger partial charge in [0.05, 0.1) is 11.7 Å². The van der Waals surface area contributed by atoms with Crippen molar-refractivity contribution >= 4 is 34.8 Å². The SMILES string of the molecule is Cc1nc(C(C)NC(=O)c2cccc(NC(=O)C3CC3)c2)sc1C(=O)O. The molecule has 3 N–H and O–H groups in total. The Bertz CT molecular complexity index is 873. The van der Waals surface area contributed by atoms with Crippen LogP contribution in [0.25, 0.3) is 0 Å². The van der Waals surface area contributed by atoms with Crippen LogP contribution in [0.1, 0.15) is 56.5 Å². The van der Waals surface area contributed by atoms with Gasteiger partial charge < -0.3 is 15.7 Å². The van der Waals surface area contributed by atoms with Gasteiger partial charge in [-0.2, -0.15) is 0 Å². The van der Waals surface area contributed by atoms with Crippen LogP contribution in [0.2, 0.25) is 0 Å². The minimum atomic E-state index is -1.02. The molecule has 8 heteroatoms. The van der Waals surface area contributed by atoms with Crippen LogP contribution in [0.15, 0.2) is 24.3 Å². The summed E-state index contributed by atoms with van der Waals surface area (Å²) in [5.74, 6) is -1.27. The molecule has 3 rings (SSSR count). The lowest BCUT2D eigenvalue weighted by atomic mass is 10.1. The number of nitrogens with zero attached hydrogens (tertiary/aromatic N) is 1. The number of hydrogen-bond acceptors (Lipinski definition) is 5. The Kier molecular flexibility index (Phi) is 5.03. The second kappa shape index (κ2) is 7.25. The Morgan fingerprint density at radius 2 is 2.04 bits per heavy atom. The third-order valence-corrected chi connectivity index (χ3v) is 5.39. The van der Waals surface area contributed by atoms with Gasteiger partial charge in [-0.15, -0.1) is 11.3 Å². The maximum absolute atomic E-state index is 12.5. The highest BCUT2D eigenvalue weighted by Crippen LogP contribution is 2.30. The number of aryl methyl sites for hydroxylation is 1. The van der Waals surface area contributed by atoms with E-state index >= 15 is 0 Å². The van der Waals surface area contributed by atoms with Crippen LogP contribution in [0.4, 0.5) is 5.69 Å². The molecular formula is C18H19N3O4S. The largest absolute Gasteiger partial charge is 0.477 e. The van der Waals surface area contributed by atoms with Crippen molar-refractivity contribution in [3.63, 3.8) is 0 Å². The van der Waals surface area contributed by atoms with Crippen LogP contribution < -0.4 is 10.6 Å². The number of nitrogens with one attached hydrogen (secondary N) is 2. The molecule has 136 valence electrons. The molecule has 7 nitrogen and oxygen atoms in total. The van der Waals surface area contributed by atoms with Crippen molar-refractivity contribution in [3.8, 4) is 0 Å². The topological polar surface area (TPSA) is 108 Å². The first-order valence-corrected chi connectivity index (χ1v) is 9.09. The minimum absolute atomic E-state index is 0.0182. The van der Waals surface area contributed by atoms with E-state index in [0.717, 1.165) is 24.2 Å². The fourth-order valence-corrected chi connectivity index (χ4v) is 3.38. The monoisotopic (exact) mass is 373 g/mol. The fourth-order valence-electron chi connectivity index (χ4n) is 2.47. The molecule has 1 atom stereocenters. The highest BCUT2D eigenvalue weighted by atomic mass is 32.1. The molecule has 2 aromatic rings. The molecule has 1 fully saturated rings. The third-order valence-electron chi connectivity index (χ3n) is 4.07. The van der Waals surface area contributed by atoms with Gasteiger partial charge >= 0.3 is 5.97 Å². The summed E-state index contributed by atoms with van der Waals surface area (Å²) in [4.78, 5) is 39.8. The number of aromatic carboxylic acids is 1. The Morgan fingerprint density at radius 3 is 2.65 bits per heavy atom. The van der Waals surface area contributed by atoms with Crippen LogP contribution in [-0.2, 0) is 4.79 Å². The van der Waals surface area contributed by atoms with E-state index in [9.17, 15) is 14.4 Å². The van der Waals surface area contributed by atoms with Crippen molar-refractivity contribution in [2.45, 2.75) is 32.7 Å². The Balaban J connectivity index is 1.68. The fraction of sp³-hybridized carbons (Fsp3) is 0.333. The molecule has 1 aromatic carbocycles. The van der Waals surface area contributed by atoms with Gasteiger partial charge in [0.25, 0.3) is 5.91 Å². The molecular weight excluding hydrogens is 354 g/mol. The van der Waals surface area contributed by atoms with Gasteiger partial charge in [-0.1, -0.05) is 6.07 Å². The molecule has 0 saturated heterocycles. The van der Waals surface area contributed by atoms with Crippen LogP contribution in [0, 0.1) is 12.8 Å². The highest BCUT2D eigenvalue weighted by molar-refractivity contribution is 7.13. The highest BCUT2D eigenvalue weighted by Gasteiger charge is 2.29. The summed E-state index contributed by atoms with van der Waals surface area (Å²) in [5, 5.41) is 15.3. The standard InChI is InChI=1S/C18H19N3O4S/c1-9-14(18(24)25)26-17(20-9)10(2)19-16(23)12-4-3-5-13(8-12)21-15(22)11-6-7-11/h3-5,8,10-11H,6-7H2,1-2H3,(H,19,23)(H,21,22)(H,24,25). The van der Waals surface area contributed by atoms with E-state index < -0.39 is 12.0 Å². The number of carboxylic acids is 1. The summed E-state index contributed by atoms with van der Waals surface area (Å²) in [6, 6.07) is 6.30. The molecule has 1 aliphatic rings. The average Bonchev–Trinajstić information content (AvgIpc) is 3.37. The Morgan fingerprint density at radius 1 is 1.31 bits per heavy atom. The van der Waals surface area contributed by atoms with Crippen LogP contribution in [0.5, 0.6) is 0 Å². The molecule has 2 amide bonds. The Labute approximate surface area is 154 Å². The molecule has 0 spiro atoms. The second-order valence-electron chi connectivity index (χ2n) is 6.31. The zero-order valence-electron chi connectivity index (χ0n) is 14.4.